The van der Waals surface area contributed by atoms with Crippen LogP contribution in [-0.2, 0) is 4.79 Å². The third kappa shape index (κ3) is 4.03. The number of Topliss-reactive ketones (excluding diaryl/α,β-unsaturated/α-hetero) is 1. The van der Waals surface area contributed by atoms with E-state index in [0.29, 0.717) is 12.8 Å². The van der Waals surface area contributed by atoms with Gasteiger partial charge in [-0.25, -0.2) is 0 Å². The van der Waals surface area contributed by atoms with Gasteiger partial charge in [-0.3, -0.25) is 9.59 Å². The van der Waals surface area contributed by atoms with Gasteiger partial charge in [-0.05, 0) is 59.9 Å². The van der Waals surface area contributed by atoms with E-state index in [-0.39, 0.29) is 17.6 Å². The van der Waals surface area contributed by atoms with Gasteiger partial charge in [-0.2, -0.15) is 0 Å². The molecular weight excluding hydrogens is 355 g/mol. The van der Waals surface area contributed by atoms with Crippen LogP contribution >= 0.6 is 22.6 Å². The van der Waals surface area contributed by atoms with Gasteiger partial charge in [0.25, 0.3) is 0 Å². The quantitative estimate of drug-likeness (QED) is 0.647. The average molecular weight is 372 g/mol. The van der Waals surface area contributed by atoms with Gasteiger partial charge in [0.2, 0.25) is 0 Å². The highest BCUT2D eigenvalue weighted by molar-refractivity contribution is 14.1. The van der Waals surface area contributed by atoms with E-state index in [1.54, 1.807) is 0 Å². The van der Waals surface area contributed by atoms with Crippen LogP contribution in [0.3, 0.4) is 0 Å². The molecule has 1 saturated carbocycles. The Bertz CT molecular complexity index is 467. The van der Waals surface area contributed by atoms with Crippen molar-refractivity contribution in [1.29, 1.82) is 0 Å². The minimum Gasteiger partial charge on any atom is -0.481 e. The van der Waals surface area contributed by atoms with Crippen LogP contribution in [0.5, 0.6) is 0 Å². The SMILES string of the molecule is O=C(CC1CCCC(C(=O)O)C1)c1ccc(I)cc1. The normalized spacial score (nSPS) is 23.0. The summed E-state index contributed by atoms with van der Waals surface area (Å²) in [4.78, 5) is 23.2. The minimum atomic E-state index is -0.716. The fourth-order valence-electron chi connectivity index (χ4n) is 2.72. The Labute approximate surface area is 126 Å². The van der Waals surface area contributed by atoms with Crippen LogP contribution in [0.4, 0.5) is 0 Å². The number of ketones is 1. The molecule has 0 radical (unpaired) electrons. The molecule has 1 aromatic carbocycles. The van der Waals surface area contributed by atoms with Crippen LogP contribution in [0, 0.1) is 15.4 Å². The third-order valence-electron chi connectivity index (χ3n) is 3.77. The first-order valence-corrected chi connectivity index (χ1v) is 7.65. The number of carbonyl (C=O) groups is 2. The molecule has 0 spiro atoms. The van der Waals surface area contributed by atoms with Crippen molar-refractivity contribution in [3.8, 4) is 0 Å². The Morgan fingerprint density at radius 2 is 1.89 bits per heavy atom. The molecule has 3 nitrogen and oxygen atoms in total. The number of carbonyl (C=O) groups excluding carboxylic acids is 1. The van der Waals surface area contributed by atoms with Gasteiger partial charge in [0.05, 0.1) is 5.92 Å². The van der Waals surface area contributed by atoms with E-state index < -0.39 is 5.97 Å². The van der Waals surface area contributed by atoms with E-state index in [9.17, 15) is 9.59 Å². The van der Waals surface area contributed by atoms with Crippen molar-refractivity contribution in [2.75, 3.05) is 0 Å². The van der Waals surface area contributed by atoms with Gasteiger partial charge >= 0.3 is 5.97 Å². The van der Waals surface area contributed by atoms with Gasteiger partial charge in [-0.1, -0.05) is 18.6 Å². The van der Waals surface area contributed by atoms with Crippen molar-refractivity contribution in [3.05, 3.63) is 33.4 Å². The highest BCUT2D eigenvalue weighted by atomic mass is 127. The van der Waals surface area contributed by atoms with Gasteiger partial charge in [-0.15, -0.1) is 0 Å². The van der Waals surface area contributed by atoms with Crippen LogP contribution < -0.4 is 0 Å². The summed E-state index contributed by atoms with van der Waals surface area (Å²) in [7, 11) is 0. The zero-order valence-corrected chi connectivity index (χ0v) is 12.8. The lowest BCUT2D eigenvalue weighted by molar-refractivity contribution is -0.143. The van der Waals surface area contributed by atoms with Crippen LogP contribution in [-0.4, -0.2) is 16.9 Å². The summed E-state index contributed by atoms with van der Waals surface area (Å²) in [5.74, 6) is -0.622. The van der Waals surface area contributed by atoms with E-state index in [1.807, 2.05) is 24.3 Å². The summed E-state index contributed by atoms with van der Waals surface area (Å²) >= 11 is 2.21. The molecule has 102 valence electrons. The lowest BCUT2D eigenvalue weighted by Gasteiger charge is -2.26. The molecule has 2 unspecified atom stereocenters. The van der Waals surface area contributed by atoms with E-state index >= 15 is 0 Å². The zero-order valence-electron chi connectivity index (χ0n) is 10.6. The largest absolute Gasteiger partial charge is 0.481 e. The molecule has 0 aliphatic heterocycles. The molecule has 4 heteroatoms. The maximum Gasteiger partial charge on any atom is 0.306 e. The second-order valence-electron chi connectivity index (χ2n) is 5.20. The molecule has 0 aromatic heterocycles. The second-order valence-corrected chi connectivity index (χ2v) is 6.45. The number of aliphatic carboxylic acids is 1. The summed E-state index contributed by atoms with van der Waals surface area (Å²) in [6, 6.07) is 7.55. The summed E-state index contributed by atoms with van der Waals surface area (Å²) in [6.45, 7) is 0. The molecule has 0 bridgehead atoms. The summed E-state index contributed by atoms with van der Waals surface area (Å²) in [6.07, 6.45) is 3.76. The Kier molecular flexibility index (Phi) is 4.96. The Morgan fingerprint density at radius 1 is 1.21 bits per heavy atom. The number of rotatable bonds is 4. The molecule has 2 rings (SSSR count). The standard InChI is InChI=1S/C15H17IO3/c16-13-6-4-11(5-7-13)14(17)9-10-2-1-3-12(8-10)15(18)19/h4-7,10,12H,1-3,8-9H2,(H,18,19). The van der Waals surface area contributed by atoms with Crippen LogP contribution in [0.15, 0.2) is 24.3 Å². The molecule has 2 atom stereocenters. The Balaban J connectivity index is 1.95. The summed E-state index contributed by atoms with van der Waals surface area (Å²) < 4.78 is 1.11. The highest BCUT2D eigenvalue weighted by Gasteiger charge is 2.28. The number of halogens is 1. The average Bonchev–Trinajstić information content (AvgIpc) is 2.39. The lowest BCUT2D eigenvalue weighted by atomic mass is 9.78. The molecule has 0 amide bonds. The Hall–Kier alpha value is -0.910. The van der Waals surface area contributed by atoms with Crippen LogP contribution in [0.25, 0.3) is 0 Å². The number of carboxylic acid groups (broad SMARTS) is 1. The molecule has 1 N–H and O–H groups in total. The number of hydrogen-bond acceptors (Lipinski definition) is 2. The summed E-state index contributed by atoms with van der Waals surface area (Å²) in [5, 5.41) is 9.05. The molecular formula is C15H17IO3. The zero-order chi connectivity index (χ0) is 13.8. The van der Waals surface area contributed by atoms with E-state index in [0.717, 1.165) is 28.4 Å². The molecule has 19 heavy (non-hydrogen) atoms. The molecule has 0 heterocycles. The monoisotopic (exact) mass is 372 g/mol. The predicted octanol–water partition coefficient (Wildman–Crippen LogP) is 3.76. The van der Waals surface area contributed by atoms with Crippen molar-refractivity contribution >= 4 is 34.3 Å². The molecule has 1 aliphatic rings. The third-order valence-corrected chi connectivity index (χ3v) is 4.49. The highest BCUT2D eigenvalue weighted by Crippen LogP contribution is 2.32. The molecule has 1 fully saturated rings. The van der Waals surface area contributed by atoms with Gasteiger partial charge in [0, 0.05) is 15.6 Å². The van der Waals surface area contributed by atoms with Crippen LogP contribution in [0.1, 0.15) is 42.5 Å². The van der Waals surface area contributed by atoms with E-state index in [2.05, 4.69) is 22.6 Å². The van der Waals surface area contributed by atoms with E-state index in [1.165, 1.54) is 0 Å². The minimum absolute atomic E-state index is 0.132. The van der Waals surface area contributed by atoms with Gasteiger partial charge < -0.3 is 5.11 Å². The predicted molar refractivity (Wildman–Crippen MR) is 81.2 cm³/mol. The van der Waals surface area contributed by atoms with Crippen molar-refractivity contribution in [1.82, 2.24) is 0 Å². The van der Waals surface area contributed by atoms with E-state index in [4.69, 9.17) is 5.11 Å². The smallest absolute Gasteiger partial charge is 0.306 e. The van der Waals surface area contributed by atoms with Crippen LogP contribution in [0.2, 0.25) is 0 Å². The second kappa shape index (κ2) is 6.50. The first-order valence-electron chi connectivity index (χ1n) is 6.58. The van der Waals surface area contributed by atoms with Crippen molar-refractivity contribution in [2.24, 2.45) is 11.8 Å². The maximum atomic E-state index is 12.2. The Morgan fingerprint density at radius 3 is 2.53 bits per heavy atom. The van der Waals surface area contributed by atoms with Crippen molar-refractivity contribution in [2.45, 2.75) is 32.1 Å². The molecule has 0 saturated heterocycles. The number of carboxylic acids is 1. The number of hydrogen-bond donors (Lipinski definition) is 1. The lowest BCUT2D eigenvalue weighted by Crippen LogP contribution is -2.24. The van der Waals surface area contributed by atoms with Crippen molar-refractivity contribution in [3.63, 3.8) is 0 Å². The fourth-order valence-corrected chi connectivity index (χ4v) is 3.08. The fraction of sp³-hybridized carbons (Fsp3) is 0.467. The van der Waals surface area contributed by atoms with Gasteiger partial charge in [0.15, 0.2) is 5.78 Å². The topological polar surface area (TPSA) is 54.4 Å². The first-order chi connectivity index (χ1) is 9.06. The molecule has 1 aliphatic carbocycles. The molecule has 1 aromatic rings. The summed E-state index contributed by atoms with van der Waals surface area (Å²) in [5.41, 5.74) is 0.734. The number of benzene rings is 1. The first kappa shape index (κ1) is 14.5. The maximum absolute atomic E-state index is 12.2. The van der Waals surface area contributed by atoms with Crippen molar-refractivity contribution < 1.29 is 14.7 Å². The van der Waals surface area contributed by atoms with Gasteiger partial charge in [0.1, 0.15) is 0 Å².